The summed E-state index contributed by atoms with van der Waals surface area (Å²) in [5.41, 5.74) is 7.57. The lowest BCUT2D eigenvalue weighted by molar-refractivity contribution is 0.103. The van der Waals surface area contributed by atoms with E-state index in [1.807, 2.05) is 12.1 Å². The molecule has 0 unspecified atom stereocenters. The van der Waals surface area contributed by atoms with Gasteiger partial charge in [-0.2, -0.15) is 0 Å². The number of carbonyl (C=O) groups is 1. The first-order valence-electron chi connectivity index (χ1n) is 6.44. The summed E-state index contributed by atoms with van der Waals surface area (Å²) in [4.78, 5) is 12.3. The number of hydrogen-bond acceptors (Lipinski definition) is 3. The molecular weight excluding hydrogens is 318 g/mol. The molecule has 0 heterocycles. The highest BCUT2D eigenvalue weighted by atomic mass is 79.9. The van der Waals surface area contributed by atoms with E-state index < -0.39 is 0 Å². The number of anilines is 1. The number of ketones is 1. The van der Waals surface area contributed by atoms with E-state index >= 15 is 0 Å². The van der Waals surface area contributed by atoms with Gasteiger partial charge in [0.25, 0.3) is 0 Å². The van der Waals surface area contributed by atoms with Crippen LogP contribution < -0.4 is 10.5 Å². The van der Waals surface area contributed by atoms with Crippen molar-refractivity contribution >= 4 is 27.4 Å². The monoisotopic (exact) mass is 333 g/mol. The Morgan fingerprint density at radius 1 is 1.15 bits per heavy atom. The first kappa shape index (κ1) is 14.6. The third-order valence-corrected chi connectivity index (χ3v) is 3.54. The van der Waals surface area contributed by atoms with Crippen LogP contribution in [0.25, 0.3) is 0 Å². The Balaban J connectivity index is 2.18. The second-order valence-corrected chi connectivity index (χ2v) is 5.29. The molecule has 0 bridgehead atoms. The van der Waals surface area contributed by atoms with Crippen LogP contribution in [0.1, 0.15) is 29.3 Å². The van der Waals surface area contributed by atoms with E-state index in [0.29, 0.717) is 23.4 Å². The zero-order chi connectivity index (χ0) is 14.5. The number of nitrogen functional groups attached to an aromatic ring is 1. The van der Waals surface area contributed by atoms with Gasteiger partial charge < -0.3 is 10.5 Å². The average Bonchev–Trinajstić information content (AvgIpc) is 2.48. The summed E-state index contributed by atoms with van der Waals surface area (Å²) in [6.07, 6.45) is 0.958. The lowest BCUT2D eigenvalue weighted by atomic mass is 10.0. The van der Waals surface area contributed by atoms with Crippen molar-refractivity contribution in [1.29, 1.82) is 0 Å². The lowest BCUT2D eigenvalue weighted by Gasteiger charge is -2.06. The Labute approximate surface area is 126 Å². The molecular formula is C16H16BrNO2. The van der Waals surface area contributed by atoms with E-state index in [1.54, 1.807) is 30.3 Å². The molecule has 0 aliphatic rings. The predicted octanol–water partition coefficient (Wildman–Crippen LogP) is 4.05. The van der Waals surface area contributed by atoms with Crippen LogP contribution in [-0.4, -0.2) is 12.4 Å². The second-order valence-electron chi connectivity index (χ2n) is 4.44. The topological polar surface area (TPSA) is 52.3 Å². The maximum Gasteiger partial charge on any atom is 0.193 e. The fourth-order valence-corrected chi connectivity index (χ4v) is 2.14. The van der Waals surface area contributed by atoms with Gasteiger partial charge in [0.1, 0.15) is 5.75 Å². The molecule has 2 rings (SSSR count). The summed E-state index contributed by atoms with van der Waals surface area (Å²) in [7, 11) is 0. The van der Waals surface area contributed by atoms with Gasteiger partial charge in [0.2, 0.25) is 0 Å². The van der Waals surface area contributed by atoms with Crippen molar-refractivity contribution in [3.05, 3.63) is 58.1 Å². The minimum atomic E-state index is -0.0345. The van der Waals surface area contributed by atoms with Gasteiger partial charge in [0, 0.05) is 21.3 Å². The number of carbonyl (C=O) groups excluding carboxylic acids is 1. The maximum absolute atomic E-state index is 12.3. The molecule has 0 aromatic heterocycles. The third kappa shape index (κ3) is 3.39. The van der Waals surface area contributed by atoms with Crippen molar-refractivity contribution < 1.29 is 9.53 Å². The third-order valence-electron chi connectivity index (χ3n) is 2.85. The number of rotatable bonds is 5. The standard InChI is InChI=1S/C16H16BrNO2/c1-2-9-20-13-6-3-11(4-7-13)16(19)12-5-8-15(18)14(17)10-12/h3-8,10H,2,9,18H2,1H3. The number of hydrogen-bond donors (Lipinski definition) is 1. The molecule has 20 heavy (non-hydrogen) atoms. The molecule has 4 heteroatoms. The zero-order valence-electron chi connectivity index (χ0n) is 11.2. The number of halogens is 1. The van der Waals surface area contributed by atoms with Crippen molar-refractivity contribution in [2.24, 2.45) is 0 Å². The molecule has 0 aliphatic heterocycles. The van der Waals surface area contributed by atoms with Crippen molar-refractivity contribution in [2.45, 2.75) is 13.3 Å². The normalized spacial score (nSPS) is 10.3. The van der Waals surface area contributed by atoms with Gasteiger partial charge in [-0.1, -0.05) is 6.92 Å². The molecule has 0 radical (unpaired) electrons. The molecule has 0 spiro atoms. The van der Waals surface area contributed by atoms with Crippen LogP contribution >= 0.6 is 15.9 Å². The highest BCUT2D eigenvalue weighted by molar-refractivity contribution is 9.10. The fraction of sp³-hybridized carbons (Fsp3) is 0.188. The van der Waals surface area contributed by atoms with Gasteiger partial charge in [-0.05, 0) is 64.8 Å². The molecule has 0 saturated carbocycles. The van der Waals surface area contributed by atoms with Gasteiger partial charge in [-0.3, -0.25) is 4.79 Å². The van der Waals surface area contributed by atoms with Crippen molar-refractivity contribution in [3.8, 4) is 5.75 Å². The fourth-order valence-electron chi connectivity index (χ4n) is 1.76. The van der Waals surface area contributed by atoms with Crippen LogP contribution in [0.3, 0.4) is 0 Å². The molecule has 2 aromatic carbocycles. The molecule has 3 nitrogen and oxygen atoms in total. The highest BCUT2D eigenvalue weighted by Crippen LogP contribution is 2.22. The number of nitrogens with two attached hydrogens (primary N) is 1. The van der Waals surface area contributed by atoms with Crippen LogP contribution in [0.2, 0.25) is 0 Å². The van der Waals surface area contributed by atoms with E-state index in [2.05, 4.69) is 22.9 Å². The Hall–Kier alpha value is -1.81. The Morgan fingerprint density at radius 3 is 2.40 bits per heavy atom. The van der Waals surface area contributed by atoms with Crippen LogP contribution in [0.4, 0.5) is 5.69 Å². The minimum absolute atomic E-state index is 0.0345. The van der Waals surface area contributed by atoms with Crippen LogP contribution in [0.5, 0.6) is 5.75 Å². The molecule has 0 atom stereocenters. The van der Waals surface area contributed by atoms with E-state index in [4.69, 9.17) is 10.5 Å². The molecule has 0 fully saturated rings. The summed E-state index contributed by atoms with van der Waals surface area (Å²) in [5.74, 6) is 0.745. The molecule has 0 saturated heterocycles. The van der Waals surface area contributed by atoms with Gasteiger partial charge in [0.15, 0.2) is 5.78 Å². The lowest BCUT2D eigenvalue weighted by Crippen LogP contribution is -2.02. The van der Waals surface area contributed by atoms with Crippen LogP contribution in [0, 0.1) is 0 Å². The quantitative estimate of drug-likeness (QED) is 0.663. The SMILES string of the molecule is CCCOc1ccc(C(=O)c2ccc(N)c(Br)c2)cc1. The minimum Gasteiger partial charge on any atom is -0.494 e. The van der Waals surface area contributed by atoms with Crippen molar-refractivity contribution in [3.63, 3.8) is 0 Å². The molecule has 2 N–H and O–H groups in total. The van der Waals surface area contributed by atoms with Gasteiger partial charge in [0.05, 0.1) is 6.61 Å². The largest absolute Gasteiger partial charge is 0.494 e. The summed E-state index contributed by atoms with van der Waals surface area (Å²) >= 11 is 3.33. The predicted molar refractivity (Wildman–Crippen MR) is 84.2 cm³/mol. The average molecular weight is 334 g/mol. The van der Waals surface area contributed by atoms with Crippen molar-refractivity contribution in [1.82, 2.24) is 0 Å². The molecule has 0 amide bonds. The smallest absolute Gasteiger partial charge is 0.193 e. The van der Waals surface area contributed by atoms with Gasteiger partial charge in [-0.25, -0.2) is 0 Å². The molecule has 0 aliphatic carbocycles. The highest BCUT2D eigenvalue weighted by Gasteiger charge is 2.10. The maximum atomic E-state index is 12.3. The van der Waals surface area contributed by atoms with Gasteiger partial charge in [-0.15, -0.1) is 0 Å². The van der Waals surface area contributed by atoms with Crippen LogP contribution in [0.15, 0.2) is 46.9 Å². The molecule has 104 valence electrons. The summed E-state index contributed by atoms with van der Waals surface area (Å²) < 4.78 is 6.22. The van der Waals surface area contributed by atoms with E-state index in [9.17, 15) is 4.79 Å². The Kier molecular flexibility index (Phi) is 4.79. The Bertz CT molecular complexity index is 608. The van der Waals surface area contributed by atoms with Gasteiger partial charge >= 0.3 is 0 Å². The number of benzene rings is 2. The number of ether oxygens (including phenoxy) is 1. The summed E-state index contributed by atoms with van der Waals surface area (Å²) in [6.45, 7) is 2.73. The van der Waals surface area contributed by atoms with Crippen molar-refractivity contribution in [2.75, 3.05) is 12.3 Å². The van der Waals surface area contributed by atoms with E-state index in [1.165, 1.54) is 0 Å². The molecule has 2 aromatic rings. The van der Waals surface area contributed by atoms with E-state index in [-0.39, 0.29) is 5.78 Å². The second kappa shape index (κ2) is 6.57. The first-order chi connectivity index (χ1) is 9.61. The summed E-state index contributed by atoms with van der Waals surface area (Å²) in [6, 6.07) is 12.4. The van der Waals surface area contributed by atoms with Crippen LogP contribution in [-0.2, 0) is 0 Å². The first-order valence-corrected chi connectivity index (χ1v) is 7.23. The van der Waals surface area contributed by atoms with E-state index in [0.717, 1.165) is 16.6 Å². The zero-order valence-corrected chi connectivity index (χ0v) is 12.8. The Morgan fingerprint density at radius 2 is 1.80 bits per heavy atom. The summed E-state index contributed by atoms with van der Waals surface area (Å²) in [5, 5.41) is 0.